The molecular weight excluding hydrogens is 290 g/mol. The average Bonchev–Trinajstić information content (AvgIpc) is 2.60. The average molecular weight is 317 g/mol. The molecule has 0 N–H and O–H groups in total. The number of hydrogen-bond donors (Lipinski definition) is 0. The first-order valence-electron chi connectivity index (χ1n) is 8.42. The number of ether oxygens (including phenoxy) is 1. The van der Waals surface area contributed by atoms with Gasteiger partial charge < -0.3 is 9.64 Å². The molecule has 2 rings (SSSR count). The number of methoxy groups -OCH3 is 1. The number of hydrogen-bond acceptors (Lipinski definition) is 6. The molecule has 1 aromatic heterocycles. The molecule has 0 saturated carbocycles. The van der Waals surface area contributed by atoms with Gasteiger partial charge in [0.15, 0.2) is 5.82 Å². The van der Waals surface area contributed by atoms with Crippen molar-refractivity contribution in [2.75, 3.05) is 44.8 Å². The SMILES string of the molecule is CCc1nnc(N2CCN(C(C)COC)CC2)c(C#N)c1CC. The van der Waals surface area contributed by atoms with Gasteiger partial charge in [-0.2, -0.15) is 10.4 Å². The van der Waals surface area contributed by atoms with E-state index >= 15 is 0 Å². The van der Waals surface area contributed by atoms with Crippen molar-refractivity contribution >= 4 is 5.82 Å². The van der Waals surface area contributed by atoms with E-state index in [-0.39, 0.29) is 0 Å². The van der Waals surface area contributed by atoms with Crippen LogP contribution in [0.3, 0.4) is 0 Å². The normalized spacial score (nSPS) is 17.1. The first kappa shape index (κ1) is 17.6. The summed E-state index contributed by atoms with van der Waals surface area (Å²) >= 11 is 0. The van der Waals surface area contributed by atoms with Crippen molar-refractivity contribution in [2.24, 2.45) is 0 Å². The third kappa shape index (κ3) is 3.80. The number of aryl methyl sites for hydroxylation is 1. The summed E-state index contributed by atoms with van der Waals surface area (Å²) < 4.78 is 5.24. The zero-order valence-electron chi connectivity index (χ0n) is 14.7. The minimum absolute atomic E-state index is 0.414. The molecule has 1 saturated heterocycles. The predicted molar refractivity (Wildman–Crippen MR) is 90.6 cm³/mol. The van der Waals surface area contributed by atoms with Gasteiger partial charge in [-0.1, -0.05) is 13.8 Å². The van der Waals surface area contributed by atoms with Crippen molar-refractivity contribution < 1.29 is 4.74 Å². The summed E-state index contributed by atoms with van der Waals surface area (Å²) in [5.41, 5.74) is 2.70. The van der Waals surface area contributed by atoms with E-state index in [2.05, 4.69) is 46.8 Å². The van der Waals surface area contributed by atoms with Gasteiger partial charge in [-0.3, -0.25) is 4.90 Å². The van der Waals surface area contributed by atoms with E-state index in [0.29, 0.717) is 11.6 Å². The lowest BCUT2D eigenvalue weighted by Gasteiger charge is -2.38. The highest BCUT2D eigenvalue weighted by atomic mass is 16.5. The zero-order valence-corrected chi connectivity index (χ0v) is 14.7. The van der Waals surface area contributed by atoms with E-state index in [4.69, 9.17) is 4.74 Å². The summed E-state index contributed by atoms with van der Waals surface area (Å²) in [6.45, 7) is 10.7. The molecule has 0 aliphatic carbocycles. The quantitative estimate of drug-likeness (QED) is 0.794. The van der Waals surface area contributed by atoms with Crippen molar-refractivity contribution in [1.82, 2.24) is 15.1 Å². The van der Waals surface area contributed by atoms with E-state index in [9.17, 15) is 5.26 Å². The fourth-order valence-corrected chi connectivity index (χ4v) is 3.22. The minimum atomic E-state index is 0.414. The van der Waals surface area contributed by atoms with Crippen molar-refractivity contribution in [3.63, 3.8) is 0 Å². The minimum Gasteiger partial charge on any atom is -0.383 e. The van der Waals surface area contributed by atoms with Gasteiger partial charge in [0.05, 0.1) is 12.3 Å². The third-order valence-corrected chi connectivity index (χ3v) is 4.58. The molecule has 126 valence electrons. The second-order valence-corrected chi connectivity index (χ2v) is 5.97. The summed E-state index contributed by atoms with van der Waals surface area (Å²) in [4.78, 5) is 4.61. The molecule has 0 radical (unpaired) electrons. The molecule has 1 aliphatic rings. The van der Waals surface area contributed by atoms with Gasteiger partial charge >= 0.3 is 0 Å². The second kappa shape index (κ2) is 8.23. The van der Waals surface area contributed by atoms with E-state index in [0.717, 1.165) is 62.7 Å². The fourth-order valence-electron chi connectivity index (χ4n) is 3.22. The smallest absolute Gasteiger partial charge is 0.169 e. The number of rotatable bonds is 6. The van der Waals surface area contributed by atoms with Crippen LogP contribution in [-0.2, 0) is 17.6 Å². The third-order valence-electron chi connectivity index (χ3n) is 4.58. The van der Waals surface area contributed by atoms with Gasteiger partial charge in [0.2, 0.25) is 0 Å². The summed E-state index contributed by atoms with van der Waals surface area (Å²) in [5.74, 6) is 0.751. The molecule has 0 aromatic carbocycles. The van der Waals surface area contributed by atoms with Crippen LogP contribution in [0.5, 0.6) is 0 Å². The number of piperazine rings is 1. The van der Waals surface area contributed by atoms with Crippen LogP contribution in [0, 0.1) is 11.3 Å². The van der Waals surface area contributed by atoms with Crippen LogP contribution in [0.15, 0.2) is 0 Å². The zero-order chi connectivity index (χ0) is 16.8. The largest absolute Gasteiger partial charge is 0.383 e. The van der Waals surface area contributed by atoms with Gasteiger partial charge in [0, 0.05) is 39.3 Å². The lowest BCUT2D eigenvalue weighted by atomic mass is 10.0. The maximum absolute atomic E-state index is 9.62. The van der Waals surface area contributed by atoms with Crippen molar-refractivity contribution in [1.29, 1.82) is 5.26 Å². The summed E-state index contributed by atoms with van der Waals surface area (Å²) in [5, 5.41) is 18.3. The molecule has 1 aromatic rings. The van der Waals surface area contributed by atoms with Crippen LogP contribution < -0.4 is 4.90 Å². The molecule has 1 unspecified atom stereocenters. The Morgan fingerprint density at radius 3 is 2.39 bits per heavy atom. The van der Waals surface area contributed by atoms with Crippen LogP contribution in [-0.4, -0.2) is 61.0 Å². The van der Waals surface area contributed by atoms with Gasteiger partial charge in [0.1, 0.15) is 11.6 Å². The Kier molecular flexibility index (Phi) is 6.31. The predicted octanol–water partition coefficient (Wildman–Crippen LogP) is 1.63. The van der Waals surface area contributed by atoms with Gasteiger partial charge in [-0.25, -0.2) is 0 Å². The molecule has 0 amide bonds. The molecule has 0 spiro atoms. The lowest BCUT2D eigenvalue weighted by Crippen LogP contribution is -2.51. The summed E-state index contributed by atoms with van der Waals surface area (Å²) in [6.07, 6.45) is 1.63. The van der Waals surface area contributed by atoms with E-state index < -0.39 is 0 Å². The molecule has 1 atom stereocenters. The Labute approximate surface area is 139 Å². The van der Waals surface area contributed by atoms with Crippen molar-refractivity contribution in [3.05, 3.63) is 16.8 Å². The monoisotopic (exact) mass is 317 g/mol. The number of nitriles is 1. The van der Waals surface area contributed by atoms with E-state index in [1.807, 2.05) is 0 Å². The molecule has 1 fully saturated rings. The van der Waals surface area contributed by atoms with Crippen LogP contribution >= 0.6 is 0 Å². The first-order chi connectivity index (χ1) is 11.2. The topological polar surface area (TPSA) is 65.3 Å². The van der Waals surface area contributed by atoms with Crippen LogP contribution in [0.2, 0.25) is 0 Å². The second-order valence-electron chi connectivity index (χ2n) is 5.97. The maximum atomic E-state index is 9.62. The molecule has 2 heterocycles. The highest BCUT2D eigenvalue weighted by Crippen LogP contribution is 2.24. The van der Waals surface area contributed by atoms with Crippen LogP contribution in [0.25, 0.3) is 0 Å². The Hall–Kier alpha value is -1.71. The molecule has 0 bridgehead atoms. The van der Waals surface area contributed by atoms with E-state index in [1.54, 1.807) is 7.11 Å². The maximum Gasteiger partial charge on any atom is 0.169 e. The Bertz CT molecular complexity index is 561. The Morgan fingerprint density at radius 1 is 1.17 bits per heavy atom. The fraction of sp³-hybridized carbons (Fsp3) is 0.706. The number of anilines is 1. The summed E-state index contributed by atoms with van der Waals surface area (Å²) in [7, 11) is 1.74. The van der Waals surface area contributed by atoms with Gasteiger partial charge in [-0.05, 0) is 25.3 Å². The Balaban J connectivity index is 2.16. The Morgan fingerprint density at radius 2 is 1.87 bits per heavy atom. The van der Waals surface area contributed by atoms with Crippen LogP contribution in [0.1, 0.15) is 37.6 Å². The van der Waals surface area contributed by atoms with Crippen LogP contribution in [0.4, 0.5) is 5.82 Å². The number of nitrogens with zero attached hydrogens (tertiary/aromatic N) is 5. The van der Waals surface area contributed by atoms with Gasteiger partial charge in [0.25, 0.3) is 0 Å². The summed E-state index contributed by atoms with van der Waals surface area (Å²) in [6, 6.07) is 2.78. The highest BCUT2D eigenvalue weighted by molar-refractivity contribution is 5.58. The molecule has 1 aliphatic heterocycles. The van der Waals surface area contributed by atoms with Crippen molar-refractivity contribution in [2.45, 2.75) is 39.7 Å². The lowest BCUT2D eigenvalue weighted by molar-refractivity contribution is 0.0952. The molecule has 6 heteroatoms. The molecule has 6 nitrogen and oxygen atoms in total. The molecular formula is C17H27N5O. The highest BCUT2D eigenvalue weighted by Gasteiger charge is 2.25. The number of aromatic nitrogens is 2. The van der Waals surface area contributed by atoms with E-state index in [1.165, 1.54) is 0 Å². The standard InChI is InChI=1S/C17H27N5O/c1-5-14-15(11-18)17(20-19-16(14)6-2)22-9-7-21(8-10-22)13(3)12-23-4/h13H,5-10,12H2,1-4H3. The van der Waals surface area contributed by atoms with Gasteiger partial charge in [-0.15, -0.1) is 5.10 Å². The molecule has 23 heavy (non-hydrogen) atoms. The first-order valence-corrected chi connectivity index (χ1v) is 8.42. The van der Waals surface area contributed by atoms with Crippen molar-refractivity contribution in [3.8, 4) is 6.07 Å².